The van der Waals surface area contributed by atoms with Crippen molar-refractivity contribution in [3.05, 3.63) is 99.5 Å². The summed E-state index contributed by atoms with van der Waals surface area (Å²) in [5, 5.41) is 0.462. The number of benzene rings is 3. The van der Waals surface area contributed by atoms with Crippen molar-refractivity contribution in [3.63, 3.8) is 0 Å². The summed E-state index contributed by atoms with van der Waals surface area (Å²) in [7, 11) is -3.65. The second kappa shape index (κ2) is 12.0. The van der Waals surface area contributed by atoms with Gasteiger partial charge in [-0.3, -0.25) is 9.59 Å². The molecule has 0 saturated carbocycles. The lowest BCUT2D eigenvalue weighted by Crippen LogP contribution is -2.51. The highest BCUT2D eigenvalue weighted by Crippen LogP contribution is 2.20. The molecule has 192 valence electrons. The molecule has 0 N–H and O–H groups in total. The number of allylic oxidation sites excluding steroid dienone is 1. The number of nitrogens with zero attached hydrogens (tertiary/aromatic N) is 2. The largest absolute Gasteiger partial charge is 0.484 e. The number of amides is 1. The SMILES string of the molecule is O=C(C=Cc1cccc(Br)c1)c1ccc(OCC(=O)N2CCN(S(=O)(=O)c3ccc(Cl)cc3)CC2)cc1. The van der Waals surface area contributed by atoms with Crippen molar-refractivity contribution in [1.82, 2.24) is 9.21 Å². The summed E-state index contributed by atoms with van der Waals surface area (Å²) in [6, 6.07) is 20.2. The highest BCUT2D eigenvalue weighted by atomic mass is 79.9. The molecule has 1 heterocycles. The van der Waals surface area contributed by atoms with Crippen LogP contribution in [0.2, 0.25) is 5.02 Å². The lowest BCUT2D eigenvalue weighted by atomic mass is 10.1. The van der Waals surface area contributed by atoms with Gasteiger partial charge in [0.15, 0.2) is 12.4 Å². The highest BCUT2D eigenvalue weighted by molar-refractivity contribution is 9.10. The summed E-state index contributed by atoms with van der Waals surface area (Å²) in [6.45, 7) is 0.751. The van der Waals surface area contributed by atoms with E-state index < -0.39 is 10.0 Å². The van der Waals surface area contributed by atoms with Crippen molar-refractivity contribution in [2.75, 3.05) is 32.8 Å². The summed E-state index contributed by atoms with van der Waals surface area (Å²) in [6.07, 6.45) is 3.25. The van der Waals surface area contributed by atoms with Crippen molar-refractivity contribution in [3.8, 4) is 5.75 Å². The van der Waals surface area contributed by atoms with Crippen molar-refractivity contribution in [2.24, 2.45) is 0 Å². The minimum atomic E-state index is -3.65. The molecule has 0 spiro atoms. The van der Waals surface area contributed by atoms with Gasteiger partial charge in [0.25, 0.3) is 5.91 Å². The fourth-order valence-corrected chi connectivity index (χ4v) is 5.73. The molecule has 0 bridgehead atoms. The molecule has 1 saturated heterocycles. The van der Waals surface area contributed by atoms with Crippen LogP contribution in [-0.4, -0.2) is 62.1 Å². The molecule has 0 aromatic heterocycles. The van der Waals surface area contributed by atoms with Gasteiger partial charge >= 0.3 is 0 Å². The maximum atomic E-state index is 12.8. The van der Waals surface area contributed by atoms with E-state index in [2.05, 4.69) is 15.9 Å². The number of ether oxygens (including phenoxy) is 1. The van der Waals surface area contributed by atoms with Gasteiger partial charge in [0.2, 0.25) is 10.0 Å². The number of hydrogen-bond donors (Lipinski definition) is 0. The van der Waals surface area contributed by atoms with E-state index in [1.807, 2.05) is 24.3 Å². The lowest BCUT2D eigenvalue weighted by Gasteiger charge is -2.34. The summed E-state index contributed by atoms with van der Waals surface area (Å²) in [4.78, 5) is 26.8. The van der Waals surface area contributed by atoms with E-state index in [1.54, 1.807) is 35.2 Å². The van der Waals surface area contributed by atoms with Crippen molar-refractivity contribution >= 4 is 55.3 Å². The molecule has 1 aliphatic heterocycles. The molecular formula is C27H24BrClN2O5S. The second-order valence-electron chi connectivity index (χ2n) is 8.30. The zero-order chi connectivity index (χ0) is 26.4. The standard InChI is InChI=1S/C27H24BrClN2O5S/c28-22-3-1-2-20(18-22)4-13-26(32)21-5-9-24(10-6-21)36-19-27(33)30-14-16-31(17-15-30)37(34,35)25-11-7-23(29)8-12-25/h1-13,18H,14-17,19H2. The van der Waals surface area contributed by atoms with Crippen LogP contribution in [0.3, 0.4) is 0 Å². The van der Waals surface area contributed by atoms with Gasteiger partial charge in [-0.2, -0.15) is 4.31 Å². The lowest BCUT2D eigenvalue weighted by molar-refractivity contribution is -0.134. The Morgan fingerprint density at radius 1 is 0.946 bits per heavy atom. The predicted octanol–water partition coefficient (Wildman–Crippen LogP) is 4.91. The zero-order valence-electron chi connectivity index (χ0n) is 19.7. The van der Waals surface area contributed by atoms with Gasteiger partial charge in [-0.05, 0) is 72.3 Å². The highest BCUT2D eigenvalue weighted by Gasteiger charge is 2.30. The van der Waals surface area contributed by atoms with Crippen LogP contribution in [0, 0.1) is 0 Å². The quantitative estimate of drug-likeness (QED) is 0.270. The van der Waals surface area contributed by atoms with Gasteiger partial charge in [0, 0.05) is 41.2 Å². The normalized spacial score (nSPS) is 14.6. The molecule has 7 nitrogen and oxygen atoms in total. The number of piperazine rings is 1. The molecule has 0 unspecified atom stereocenters. The molecule has 37 heavy (non-hydrogen) atoms. The maximum Gasteiger partial charge on any atom is 0.260 e. The van der Waals surface area contributed by atoms with Crippen LogP contribution in [0.15, 0.2) is 88.2 Å². The average Bonchev–Trinajstić information content (AvgIpc) is 2.91. The molecule has 1 aliphatic rings. The van der Waals surface area contributed by atoms with Crippen molar-refractivity contribution in [1.29, 1.82) is 0 Å². The Morgan fingerprint density at radius 3 is 2.27 bits per heavy atom. The molecular weight excluding hydrogens is 580 g/mol. The molecule has 1 amide bonds. The Labute approximate surface area is 229 Å². The monoisotopic (exact) mass is 602 g/mol. The first-order valence-corrected chi connectivity index (χ1v) is 14.1. The number of carbonyl (C=O) groups is 2. The third kappa shape index (κ3) is 7.07. The average molecular weight is 604 g/mol. The van der Waals surface area contributed by atoms with E-state index in [0.717, 1.165) is 10.0 Å². The second-order valence-corrected chi connectivity index (χ2v) is 11.6. The van der Waals surface area contributed by atoms with Gasteiger partial charge < -0.3 is 9.64 Å². The smallest absolute Gasteiger partial charge is 0.260 e. The Morgan fingerprint density at radius 2 is 1.62 bits per heavy atom. The number of hydrogen-bond acceptors (Lipinski definition) is 5. The number of sulfonamides is 1. The van der Waals surface area contributed by atoms with Crippen molar-refractivity contribution < 1.29 is 22.7 Å². The van der Waals surface area contributed by atoms with E-state index in [-0.39, 0.29) is 49.4 Å². The van der Waals surface area contributed by atoms with E-state index >= 15 is 0 Å². The third-order valence-electron chi connectivity index (χ3n) is 5.82. The molecule has 0 radical (unpaired) electrons. The van der Waals surface area contributed by atoms with Gasteiger partial charge in [-0.15, -0.1) is 0 Å². The van der Waals surface area contributed by atoms with Crippen LogP contribution in [0.4, 0.5) is 0 Å². The van der Waals surface area contributed by atoms with E-state index in [4.69, 9.17) is 16.3 Å². The van der Waals surface area contributed by atoms with E-state index in [0.29, 0.717) is 16.3 Å². The molecule has 3 aromatic rings. The first kappa shape index (κ1) is 27.1. The van der Waals surface area contributed by atoms with Crippen LogP contribution >= 0.6 is 27.5 Å². The topological polar surface area (TPSA) is 84.0 Å². The Balaban J connectivity index is 1.26. The minimum Gasteiger partial charge on any atom is -0.484 e. The first-order valence-electron chi connectivity index (χ1n) is 11.5. The summed E-state index contributed by atoms with van der Waals surface area (Å²) in [5.74, 6) is 0.0829. The summed E-state index contributed by atoms with van der Waals surface area (Å²) >= 11 is 9.26. The number of ketones is 1. The van der Waals surface area contributed by atoms with Gasteiger partial charge in [-0.1, -0.05) is 45.7 Å². The van der Waals surface area contributed by atoms with Crippen LogP contribution in [-0.2, 0) is 14.8 Å². The maximum absolute atomic E-state index is 12.8. The Kier molecular flexibility index (Phi) is 8.81. The first-order chi connectivity index (χ1) is 17.7. The van der Waals surface area contributed by atoms with Crippen molar-refractivity contribution in [2.45, 2.75) is 4.90 Å². The molecule has 1 fully saturated rings. The Bertz CT molecular complexity index is 1400. The molecule has 4 rings (SSSR count). The minimum absolute atomic E-state index is 0.144. The van der Waals surface area contributed by atoms with E-state index in [1.165, 1.54) is 34.6 Å². The fraction of sp³-hybridized carbons (Fsp3) is 0.185. The molecule has 0 atom stereocenters. The molecule has 3 aromatic carbocycles. The fourth-order valence-electron chi connectivity index (χ4n) is 3.76. The third-order valence-corrected chi connectivity index (χ3v) is 8.48. The van der Waals surface area contributed by atoms with E-state index in [9.17, 15) is 18.0 Å². The predicted molar refractivity (Wildman–Crippen MR) is 146 cm³/mol. The summed E-state index contributed by atoms with van der Waals surface area (Å²) < 4.78 is 33.5. The van der Waals surface area contributed by atoms with Crippen LogP contribution in [0.5, 0.6) is 5.75 Å². The van der Waals surface area contributed by atoms with Gasteiger partial charge in [0.05, 0.1) is 4.90 Å². The van der Waals surface area contributed by atoms with Crippen LogP contribution in [0.25, 0.3) is 6.08 Å². The van der Waals surface area contributed by atoms with Gasteiger partial charge in [-0.25, -0.2) is 8.42 Å². The van der Waals surface area contributed by atoms with Gasteiger partial charge in [0.1, 0.15) is 5.75 Å². The van der Waals surface area contributed by atoms with Crippen LogP contribution in [0.1, 0.15) is 15.9 Å². The summed E-state index contributed by atoms with van der Waals surface area (Å²) in [5.41, 5.74) is 1.41. The molecule has 0 aliphatic carbocycles. The number of halogens is 2. The zero-order valence-corrected chi connectivity index (χ0v) is 22.9. The Hall–Kier alpha value is -2.98. The molecule has 10 heteroatoms. The number of carbonyl (C=O) groups excluding carboxylic acids is 2. The van der Waals surface area contributed by atoms with Crippen LogP contribution < -0.4 is 4.74 Å². The number of rotatable bonds is 8.